The van der Waals surface area contributed by atoms with Crippen LogP contribution in [0.25, 0.3) is 11.5 Å². The van der Waals surface area contributed by atoms with E-state index in [1.807, 2.05) is 18.7 Å². The van der Waals surface area contributed by atoms with Crippen molar-refractivity contribution >= 4 is 33.6 Å². The van der Waals surface area contributed by atoms with Crippen LogP contribution in [0.1, 0.15) is 26.0 Å². The van der Waals surface area contributed by atoms with Crippen LogP contribution in [0, 0.1) is 19.3 Å². The van der Waals surface area contributed by atoms with E-state index in [-0.39, 0.29) is 0 Å². The van der Waals surface area contributed by atoms with Gasteiger partial charge in [-0.15, -0.1) is 22.5 Å². The molecular weight excluding hydrogens is 388 g/mol. The number of thioether (sulfide) groups is 1. The van der Waals surface area contributed by atoms with E-state index in [0.29, 0.717) is 24.3 Å². The zero-order chi connectivity index (χ0) is 17.3. The van der Waals surface area contributed by atoms with Crippen molar-refractivity contribution in [3.63, 3.8) is 0 Å². The fourth-order valence-electron chi connectivity index (χ4n) is 2.84. The Morgan fingerprint density at radius 1 is 1.42 bits per heavy atom. The average Bonchev–Trinajstić information content (AvgIpc) is 3.12. The molecule has 0 amide bonds. The van der Waals surface area contributed by atoms with Gasteiger partial charge in [0, 0.05) is 42.2 Å². The highest BCUT2D eigenvalue weighted by atomic mass is 79.9. The number of rotatable bonds is 4. The van der Waals surface area contributed by atoms with Crippen LogP contribution < -0.4 is 4.90 Å². The van der Waals surface area contributed by atoms with Crippen LogP contribution >= 0.6 is 27.7 Å². The summed E-state index contributed by atoms with van der Waals surface area (Å²) in [4.78, 5) is 2.33. The largest absolute Gasteiger partial charge is 0.336 e. The Morgan fingerprint density at radius 2 is 2.21 bits per heavy atom. The number of hydrogen-bond acceptors (Lipinski definition) is 5. The van der Waals surface area contributed by atoms with E-state index in [9.17, 15) is 0 Å². The molecule has 0 saturated carbocycles. The molecule has 2 aromatic heterocycles. The fraction of sp³-hybridized carbons (Fsp3) is 0.562. The van der Waals surface area contributed by atoms with Crippen molar-refractivity contribution in [2.24, 2.45) is 0 Å². The number of aryl methyl sites for hydroxylation is 1. The van der Waals surface area contributed by atoms with Gasteiger partial charge in [-0.05, 0) is 29.8 Å². The van der Waals surface area contributed by atoms with Crippen LogP contribution in [0.5, 0.6) is 0 Å². The summed E-state index contributed by atoms with van der Waals surface area (Å²) in [6.07, 6.45) is 6.12. The SMILES string of the molecule is C#CCCn1c(-c2n[nH]c(C)c2Br)nnc1N1CCSC(C)C1C. The zero-order valence-electron chi connectivity index (χ0n) is 14.1. The summed E-state index contributed by atoms with van der Waals surface area (Å²) in [6.45, 7) is 8.11. The summed E-state index contributed by atoms with van der Waals surface area (Å²) in [5.74, 6) is 5.43. The van der Waals surface area contributed by atoms with Crippen molar-refractivity contribution in [1.29, 1.82) is 0 Å². The van der Waals surface area contributed by atoms with Gasteiger partial charge in [-0.3, -0.25) is 9.67 Å². The van der Waals surface area contributed by atoms with Gasteiger partial charge in [0.15, 0.2) is 5.82 Å². The number of H-pyrrole nitrogens is 1. The first-order valence-electron chi connectivity index (χ1n) is 8.00. The Hall–Kier alpha value is -1.46. The second kappa shape index (κ2) is 7.19. The van der Waals surface area contributed by atoms with Gasteiger partial charge in [0.1, 0.15) is 5.69 Å². The summed E-state index contributed by atoms with van der Waals surface area (Å²) >= 11 is 5.58. The standard InChI is InChI=1S/C16H21BrN6S/c1-5-6-7-23-15(14-13(17)10(2)18-19-14)20-21-16(23)22-8-9-24-12(4)11(22)3/h1,11-12H,6-9H2,2-4H3,(H,18,19). The first-order valence-corrected chi connectivity index (χ1v) is 9.84. The van der Waals surface area contributed by atoms with E-state index >= 15 is 0 Å². The predicted molar refractivity (Wildman–Crippen MR) is 102 cm³/mol. The van der Waals surface area contributed by atoms with Crippen LogP contribution in [0.2, 0.25) is 0 Å². The summed E-state index contributed by atoms with van der Waals surface area (Å²) in [6, 6.07) is 0.398. The Kier molecular flexibility index (Phi) is 5.21. The van der Waals surface area contributed by atoms with Gasteiger partial charge in [-0.25, -0.2) is 0 Å². The van der Waals surface area contributed by atoms with Crippen LogP contribution in [-0.2, 0) is 6.54 Å². The molecule has 1 aliphatic rings. The van der Waals surface area contributed by atoms with Gasteiger partial charge >= 0.3 is 0 Å². The Bertz CT molecular complexity index is 761. The minimum Gasteiger partial charge on any atom is -0.336 e. The number of terminal acetylenes is 1. The fourth-order valence-corrected chi connectivity index (χ4v) is 4.30. The highest BCUT2D eigenvalue weighted by molar-refractivity contribution is 9.10. The van der Waals surface area contributed by atoms with E-state index in [4.69, 9.17) is 6.42 Å². The van der Waals surface area contributed by atoms with Gasteiger partial charge in [-0.1, -0.05) is 6.92 Å². The van der Waals surface area contributed by atoms with Gasteiger partial charge in [-0.2, -0.15) is 16.9 Å². The molecule has 2 unspecified atom stereocenters. The Labute approximate surface area is 154 Å². The number of halogens is 1. The van der Waals surface area contributed by atoms with E-state index in [0.717, 1.165) is 39.9 Å². The van der Waals surface area contributed by atoms with E-state index in [2.05, 4.69) is 65.6 Å². The molecule has 0 radical (unpaired) electrons. The third-order valence-electron chi connectivity index (χ3n) is 4.44. The maximum Gasteiger partial charge on any atom is 0.227 e. The molecule has 6 nitrogen and oxygen atoms in total. The number of aromatic amines is 1. The van der Waals surface area contributed by atoms with Crippen molar-refractivity contribution in [2.75, 3.05) is 17.2 Å². The predicted octanol–water partition coefficient (Wildman–Crippen LogP) is 3.09. The average molecular weight is 409 g/mol. The second-order valence-electron chi connectivity index (χ2n) is 5.95. The van der Waals surface area contributed by atoms with Crippen LogP contribution in [0.15, 0.2) is 4.47 Å². The maximum atomic E-state index is 5.49. The first kappa shape index (κ1) is 17.4. The van der Waals surface area contributed by atoms with Crippen molar-refractivity contribution < 1.29 is 0 Å². The van der Waals surface area contributed by atoms with Gasteiger partial charge in [0.25, 0.3) is 0 Å². The molecule has 128 valence electrons. The number of nitrogens with zero attached hydrogens (tertiary/aromatic N) is 5. The summed E-state index contributed by atoms with van der Waals surface area (Å²) < 4.78 is 3.01. The molecular formula is C16H21BrN6S. The lowest BCUT2D eigenvalue weighted by atomic mass is 10.2. The van der Waals surface area contributed by atoms with E-state index < -0.39 is 0 Å². The second-order valence-corrected chi connectivity index (χ2v) is 8.23. The summed E-state index contributed by atoms with van der Waals surface area (Å²) in [7, 11) is 0. The zero-order valence-corrected chi connectivity index (χ0v) is 16.5. The molecule has 2 aromatic rings. The third-order valence-corrected chi connectivity index (χ3v) is 6.74. The number of nitrogens with one attached hydrogen (secondary N) is 1. The van der Waals surface area contributed by atoms with Gasteiger partial charge in [0.2, 0.25) is 5.95 Å². The molecule has 0 spiro atoms. The van der Waals surface area contributed by atoms with E-state index in [1.54, 1.807) is 0 Å². The smallest absolute Gasteiger partial charge is 0.227 e. The summed E-state index contributed by atoms with van der Waals surface area (Å²) in [5.41, 5.74) is 1.74. The minimum absolute atomic E-state index is 0.398. The van der Waals surface area contributed by atoms with Crippen molar-refractivity contribution in [3.05, 3.63) is 10.2 Å². The molecule has 3 heterocycles. The van der Waals surface area contributed by atoms with Crippen LogP contribution in [0.3, 0.4) is 0 Å². The van der Waals surface area contributed by atoms with Crippen LogP contribution in [0.4, 0.5) is 5.95 Å². The topological polar surface area (TPSA) is 62.6 Å². The quantitative estimate of drug-likeness (QED) is 0.787. The molecule has 24 heavy (non-hydrogen) atoms. The maximum absolute atomic E-state index is 5.49. The molecule has 1 N–H and O–H groups in total. The lowest BCUT2D eigenvalue weighted by Crippen LogP contribution is -2.46. The van der Waals surface area contributed by atoms with Gasteiger partial charge < -0.3 is 4.90 Å². The molecule has 0 aromatic carbocycles. The molecule has 0 aliphatic carbocycles. The molecule has 8 heteroatoms. The number of aromatic nitrogens is 5. The minimum atomic E-state index is 0.398. The molecule has 1 saturated heterocycles. The van der Waals surface area contributed by atoms with Crippen LogP contribution in [-0.4, -0.2) is 48.6 Å². The lowest BCUT2D eigenvalue weighted by molar-refractivity contribution is 0.587. The lowest BCUT2D eigenvalue weighted by Gasteiger charge is -2.38. The van der Waals surface area contributed by atoms with E-state index in [1.165, 1.54) is 0 Å². The van der Waals surface area contributed by atoms with Gasteiger partial charge in [0.05, 0.1) is 4.47 Å². The molecule has 0 bridgehead atoms. The number of anilines is 1. The highest BCUT2D eigenvalue weighted by Gasteiger charge is 2.30. The molecule has 1 fully saturated rings. The molecule has 2 atom stereocenters. The summed E-state index contributed by atoms with van der Waals surface area (Å²) in [5, 5.41) is 16.8. The molecule has 1 aliphatic heterocycles. The Morgan fingerprint density at radius 3 is 2.88 bits per heavy atom. The third kappa shape index (κ3) is 3.07. The first-order chi connectivity index (χ1) is 11.5. The normalized spacial score (nSPS) is 21.0. The number of hydrogen-bond donors (Lipinski definition) is 1. The Balaban J connectivity index is 2.04. The monoisotopic (exact) mass is 408 g/mol. The van der Waals surface area contributed by atoms with Crippen molar-refractivity contribution in [3.8, 4) is 23.9 Å². The molecule has 3 rings (SSSR count). The van der Waals surface area contributed by atoms with Crippen molar-refractivity contribution in [2.45, 2.75) is 45.0 Å². The van der Waals surface area contributed by atoms with Crippen molar-refractivity contribution in [1.82, 2.24) is 25.0 Å². The highest BCUT2D eigenvalue weighted by Crippen LogP contribution is 2.33.